The summed E-state index contributed by atoms with van der Waals surface area (Å²) in [5, 5.41) is 2.54. The molecule has 1 N–H and O–H groups in total. The van der Waals surface area contributed by atoms with Crippen LogP contribution >= 0.6 is 11.6 Å². The summed E-state index contributed by atoms with van der Waals surface area (Å²) in [6, 6.07) is 0. The van der Waals surface area contributed by atoms with Crippen LogP contribution in [0.5, 0.6) is 5.88 Å². The van der Waals surface area contributed by atoms with Crippen molar-refractivity contribution in [2.45, 2.75) is 25.1 Å². The molecular formula is C10H11ClF3N3O. The van der Waals surface area contributed by atoms with Crippen LogP contribution in [0.2, 0.25) is 5.02 Å². The van der Waals surface area contributed by atoms with Crippen LogP contribution in [0.25, 0.3) is 0 Å². The molecule has 2 heterocycles. The van der Waals surface area contributed by atoms with Crippen LogP contribution in [0.1, 0.15) is 18.5 Å². The van der Waals surface area contributed by atoms with Gasteiger partial charge in [0.05, 0.1) is 0 Å². The van der Waals surface area contributed by atoms with E-state index in [1.807, 2.05) is 0 Å². The third-order valence-corrected chi connectivity index (χ3v) is 2.93. The SMILES string of the molecule is FC(F)(F)c1ncnc(OC2CCNCC2)c1Cl. The number of aromatic nitrogens is 2. The number of nitrogens with one attached hydrogen (secondary N) is 1. The zero-order valence-corrected chi connectivity index (χ0v) is 10.1. The molecule has 0 amide bonds. The molecule has 18 heavy (non-hydrogen) atoms. The molecule has 1 aromatic heterocycles. The van der Waals surface area contributed by atoms with Crippen molar-refractivity contribution in [1.29, 1.82) is 0 Å². The number of nitrogens with zero attached hydrogens (tertiary/aromatic N) is 2. The molecule has 8 heteroatoms. The predicted molar refractivity (Wildman–Crippen MR) is 58.6 cm³/mol. The Morgan fingerprint density at radius 1 is 1.28 bits per heavy atom. The lowest BCUT2D eigenvalue weighted by atomic mass is 10.1. The van der Waals surface area contributed by atoms with E-state index in [1.165, 1.54) is 0 Å². The van der Waals surface area contributed by atoms with Gasteiger partial charge in [0.2, 0.25) is 5.88 Å². The average Bonchev–Trinajstić information content (AvgIpc) is 2.32. The first-order valence-electron chi connectivity index (χ1n) is 5.43. The molecule has 4 nitrogen and oxygen atoms in total. The van der Waals surface area contributed by atoms with Crippen LogP contribution in [-0.4, -0.2) is 29.2 Å². The Morgan fingerprint density at radius 3 is 2.56 bits per heavy atom. The summed E-state index contributed by atoms with van der Waals surface area (Å²) < 4.78 is 43.1. The highest BCUT2D eigenvalue weighted by Crippen LogP contribution is 2.36. The molecule has 1 aliphatic heterocycles. The minimum absolute atomic E-state index is 0.167. The standard InChI is InChI=1S/C10H11ClF3N3O/c11-7-8(10(12,13)14)16-5-17-9(7)18-6-1-3-15-4-2-6/h5-6,15H,1-4H2. The first kappa shape index (κ1) is 13.4. The van der Waals surface area contributed by atoms with Gasteiger partial charge < -0.3 is 10.1 Å². The number of hydrogen-bond donors (Lipinski definition) is 1. The van der Waals surface area contributed by atoms with Gasteiger partial charge in [0.15, 0.2) is 5.69 Å². The molecule has 0 aliphatic carbocycles. The Kier molecular flexibility index (Phi) is 3.91. The number of ether oxygens (including phenoxy) is 1. The fourth-order valence-corrected chi connectivity index (χ4v) is 1.95. The topological polar surface area (TPSA) is 47.0 Å². The normalized spacial score (nSPS) is 17.8. The van der Waals surface area contributed by atoms with Crippen molar-refractivity contribution in [3.8, 4) is 5.88 Å². The van der Waals surface area contributed by atoms with Crippen molar-refractivity contribution in [2.24, 2.45) is 0 Å². The molecule has 0 unspecified atom stereocenters. The van der Waals surface area contributed by atoms with Crippen LogP contribution in [0.15, 0.2) is 6.33 Å². The third kappa shape index (κ3) is 3.02. The Balaban J connectivity index is 2.18. The van der Waals surface area contributed by atoms with Crippen molar-refractivity contribution in [2.75, 3.05) is 13.1 Å². The van der Waals surface area contributed by atoms with Crippen LogP contribution in [0.4, 0.5) is 13.2 Å². The quantitative estimate of drug-likeness (QED) is 0.903. The van der Waals surface area contributed by atoms with Gasteiger partial charge in [-0.1, -0.05) is 11.6 Å². The van der Waals surface area contributed by atoms with Crippen molar-refractivity contribution in [3.63, 3.8) is 0 Å². The van der Waals surface area contributed by atoms with Crippen molar-refractivity contribution < 1.29 is 17.9 Å². The Bertz CT molecular complexity index is 421. The molecule has 100 valence electrons. The number of piperidine rings is 1. The number of hydrogen-bond acceptors (Lipinski definition) is 4. The summed E-state index contributed by atoms with van der Waals surface area (Å²) in [5.41, 5.74) is -1.16. The minimum Gasteiger partial charge on any atom is -0.473 e. The van der Waals surface area contributed by atoms with Gasteiger partial charge in [0, 0.05) is 0 Å². The molecular weight excluding hydrogens is 271 g/mol. The second-order valence-electron chi connectivity index (χ2n) is 3.91. The maximum absolute atomic E-state index is 12.6. The average molecular weight is 282 g/mol. The smallest absolute Gasteiger partial charge is 0.435 e. The zero-order valence-electron chi connectivity index (χ0n) is 9.30. The summed E-state index contributed by atoms with van der Waals surface area (Å²) >= 11 is 5.63. The van der Waals surface area contributed by atoms with E-state index in [2.05, 4.69) is 15.3 Å². The van der Waals surface area contributed by atoms with E-state index in [0.29, 0.717) is 12.8 Å². The summed E-state index contributed by atoms with van der Waals surface area (Å²) in [4.78, 5) is 6.80. The van der Waals surface area contributed by atoms with E-state index < -0.39 is 16.9 Å². The molecule has 0 bridgehead atoms. The minimum atomic E-state index is -4.60. The summed E-state index contributed by atoms with van der Waals surface area (Å²) in [7, 11) is 0. The van der Waals surface area contributed by atoms with E-state index in [-0.39, 0.29) is 12.0 Å². The maximum Gasteiger partial charge on any atom is 0.435 e. The maximum atomic E-state index is 12.6. The lowest BCUT2D eigenvalue weighted by Crippen LogP contribution is -2.34. The molecule has 1 fully saturated rings. The lowest BCUT2D eigenvalue weighted by molar-refractivity contribution is -0.141. The Hall–Kier alpha value is -1.08. The van der Waals surface area contributed by atoms with Gasteiger partial charge in [0.25, 0.3) is 0 Å². The summed E-state index contributed by atoms with van der Waals surface area (Å²) in [6.07, 6.45) is -2.54. The molecule has 1 saturated heterocycles. The third-order valence-electron chi connectivity index (χ3n) is 2.59. The predicted octanol–water partition coefficient (Wildman–Crippen LogP) is 2.28. The van der Waals surface area contributed by atoms with Gasteiger partial charge in [-0.3, -0.25) is 0 Å². The van der Waals surface area contributed by atoms with Crippen molar-refractivity contribution in [1.82, 2.24) is 15.3 Å². The Labute approximate surface area is 107 Å². The monoisotopic (exact) mass is 281 g/mol. The van der Waals surface area contributed by atoms with Crippen LogP contribution in [-0.2, 0) is 6.18 Å². The zero-order chi connectivity index (χ0) is 13.2. The largest absolute Gasteiger partial charge is 0.473 e. The van der Waals surface area contributed by atoms with E-state index in [4.69, 9.17) is 16.3 Å². The lowest BCUT2D eigenvalue weighted by Gasteiger charge is -2.23. The second kappa shape index (κ2) is 5.27. The van der Waals surface area contributed by atoms with E-state index in [9.17, 15) is 13.2 Å². The van der Waals surface area contributed by atoms with E-state index >= 15 is 0 Å². The highest BCUT2D eigenvalue weighted by atomic mass is 35.5. The number of alkyl halides is 3. The van der Waals surface area contributed by atoms with Crippen LogP contribution < -0.4 is 10.1 Å². The van der Waals surface area contributed by atoms with Crippen LogP contribution in [0, 0.1) is 0 Å². The van der Waals surface area contributed by atoms with Gasteiger partial charge in [-0.25, -0.2) is 9.97 Å². The van der Waals surface area contributed by atoms with Gasteiger partial charge in [-0.05, 0) is 25.9 Å². The van der Waals surface area contributed by atoms with Gasteiger partial charge >= 0.3 is 6.18 Å². The number of halogens is 4. The van der Waals surface area contributed by atoms with Gasteiger partial charge in [0.1, 0.15) is 17.5 Å². The first-order chi connectivity index (χ1) is 8.48. The van der Waals surface area contributed by atoms with Gasteiger partial charge in [-0.2, -0.15) is 13.2 Å². The van der Waals surface area contributed by atoms with E-state index in [1.54, 1.807) is 0 Å². The molecule has 1 aliphatic rings. The molecule has 0 spiro atoms. The summed E-state index contributed by atoms with van der Waals surface area (Å²) in [5.74, 6) is -0.203. The van der Waals surface area contributed by atoms with Gasteiger partial charge in [-0.15, -0.1) is 0 Å². The first-order valence-corrected chi connectivity index (χ1v) is 5.81. The molecule has 0 radical (unpaired) electrons. The Morgan fingerprint density at radius 2 is 1.94 bits per heavy atom. The molecule has 0 atom stereocenters. The summed E-state index contributed by atoms with van der Waals surface area (Å²) in [6.45, 7) is 1.53. The van der Waals surface area contributed by atoms with Crippen molar-refractivity contribution >= 4 is 11.6 Å². The second-order valence-corrected chi connectivity index (χ2v) is 4.28. The highest BCUT2D eigenvalue weighted by molar-refractivity contribution is 6.32. The fraction of sp³-hybridized carbons (Fsp3) is 0.600. The molecule has 0 aromatic carbocycles. The molecule has 1 aromatic rings. The molecule has 2 rings (SSSR count). The number of rotatable bonds is 2. The molecule has 0 saturated carbocycles. The van der Waals surface area contributed by atoms with Crippen molar-refractivity contribution in [3.05, 3.63) is 17.0 Å². The highest BCUT2D eigenvalue weighted by Gasteiger charge is 2.37. The van der Waals surface area contributed by atoms with E-state index in [0.717, 1.165) is 19.4 Å². The fourth-order valence-electron chi connectivity index (χ4n) is 1.70. The van der Waals surface area contributed by atoms with Crippen LogP contribution in [0.3, 0.4) is 0 Å².